The Bertz CT molecular complexity index is 796. The second-order valence-electron chi connectivity index (χ2n) is 6.35. The van der Waals surface area contributed by atoms with E-state index in [2.05, 4.69) is 0 Å². The van der Waals surface area contributed by atoms with E-state index in [4.69, 9.17) is 16.3 Å². The summed E-state index contributed by atoms with van der Waals surface area (Å²) < 4.78 is 70.5. The second kappa shape index (κ2) is 9.43. The fourth-order valence-corrected chi connectivity index (χ4v) is 4.39. The molecule has 1 aliphatic rings. The maximum atomic E-state index is 12.9. The summed E-state index contributed by atoms with van der Waals surface area (Å²) in [6.07, 6.45) is -3.60. The highest BCUT2D eigenvalue weighted by Crippen LogP contribution is 2.26. The van der Waals surface area contributed by atoms with Gasteiger partial charge in [-0.15, -0.1) is 0 Å². The zero-order valence-corrected chi connectivity index (χ0v) is 16.9. The van der Waals surface area contributed by atoms with Crippen molar-refractivity contribution in [1.29, 1.82) is 0 Å². The van der Waals surface area contributed by atoms with Crippen molar-refractivity contribution in [2.24, 2.45) is 0 Å². The first-order valence-electron chi connectivity index (χ1n) is 8.79. The summed E-state index contributed by atoms with van der Waals surface area (Å²) in [5, 5.41) is -0.102. The number of morpholine rings is 1. The molecule has 0 aliphatic carbocycles. The SMILES string of the molecule is CCCCN(CC(F)(F)F)C(=O)c1cc(S(=O)(=O)N2CCOCC2)ccc1Cl. The van der Waals surface area contributed by atoms with Crippen LogP contribution in [-0.4, -0.2) is 69.1 Å². The van der Waals surface area contributed by atoms with Crippen LogP contribution in [0, 0.1) is 0 Å². The third-order valence-electron chi connectivity index (χ3n) is 4.22. The van der Waals surface area contributed by atoms with Crippen molar-refractivity contribution in [1.82, 2.24) is 9.21 Å². The van der Waals surface area contributed by atoms with Crippen LogP contribution in [0.15, 0.2) is 23.1 Å². The first-order chi connectivity index (χ1) is 13.1. The number of ether oxygens (including phenoxy) is 1. The van der Waals surface area contributed by atoms with Crippen molar-refractivity contribution in [3.8, 4) is 0 Å². The molecular formula is C17H22ClF3N2O4S. The molecule has 1 aromatic rings. The molecule has 158 valence electrons. The van der Waals surface area contributed by atoms with Crippen molar-refractivity contribution in [2.45, 2.75) is 30.8 Å². The molecule has 11 heteroatoms. The van der Waals surface area contributed by atoms with E-state index in [1.165, 1.54) is 16.4 Å². The van der Waals surface area contributed by atoms with Crippen LogP contribution in [0.2, 0.25) is 5.02 Å². The number of rotatable bonds is 7. The topological polar surface area (TPSA) is 66.9 Å². The minimum absolute atomic E-state index is 0.102. The highest BCUT2D eigenvalue weighted by molar-refractivity contribution is 7.89. The van der Waals surface area contributed by atoms with E-state index >= 15 is 0 Å². The van der Waals surface area contributed by atoms with Gasteiger partial charge in [0.2, 0.25) is 10.0 Å². The number of hydrogen-bond acceptors (Lipinski definition) is 4. The third-order valence-corrected chi connectivity index (χ3v) is 6.44. The Morgan fingerprint density at radius 1 is 1.29 bits per heavy atom. The zero-order chi connectivity index (χ0) is 20.9. The fraction of sp³-hybridized carbons (Fsp3) is 0.588. The van der Waals surface area contributed by atoms with Gasteiger partial charge in [-0.25, -0.2) is 8.42 Å². The number of amides is 1. The standard InChI is InChI=1S/C17H22ClF3N2O4S/c1-2-3-6-22(12-17(19,20)21)16(24)14-11-13(4-5-15(14)18)28(25,26)23-7-9-27-10-8-23/h4-5,11H,2-3,6-10,12H2,1H3. The zero-order valence-electron chi connectivity index (χ0n) is 15.3. The van der Waals surface area contributed by atoms with Gasteiger partial charge in [-0.3, -0.25) is 4.79 Å². The summed E-state index contributed by atoms with van der Waals surface area (Å²) in [7, 11) is -3.91. The second-order valence-corrected chi connectivity index (χ2v) is 8.70. The maximum absolute atomic E-state index is 12.9. The molecule has 1 aromatic carbocycles. The highest BCUT2D eigenvalue weighted by Gasteiger charge is 2.34. The van der Waals surface area contributed by atoms with Gasteiger partial charge in [-0.2, -0.15) is 17.5 Å². The van der Waals surface area contributed by atoms with Crippen LogP contribution in [0.1, 0.15) is 30.1 Å². The number of carbonyl (C=O) groups excluding carboxylic acids is 1. The van der Waals surface area contributed by atoms with Gasteiger partial charge in [-0.05, 0) is 24.6 Å². The predicted octanol–water partition coefficient (Wildman–Crippen LogP) is 3.17. The number of carbonyl (C=O) groups is 1. The Morgan fingerprint density at radius 2 is 1.93 bits per heavy atom. The van der Waals surface area contributed by atoms with Gasteiger partial charge in [-0.1, -0.05) is 24.9 Å². The number of benzene rings is 1. The van der Waals surface area contributed by atoms with Gasteiger partial charge in [0.15, 0.2) is 0 Å². The first kappa shape index (κ1) is 22.9. The van der Waals surface area contributed by atoms with E-state index in [0.29, 0.717) is 17.7 Å². The molecule has 0 radical (unpaired) electrons. The Labute approximate surface area is 167 Å². The summed E-state index contributed by atoms with van der Waals surface area (Å²) in [4.78, 5) is 13.2. The van der Waals surface area contributed by atoms with Crippen molar-refractivity contribution in [3.05, 3.63) is 28.8 Å². The quantitative estimate of drug-likeness (QED) is 0.650. The van der Waals surface area contributed by atoms with E-state index in [9.17, 15) is 26.4 Å². The Kier molecular flexibility index (Phi) is 7.72. The fourth-order valence-electron chi connectivity index (χ4n) is 2.75. The lowest BCUT2D eigenvalue weighted by Gasteiger charge is -2.27. The first-order valence-corrected chi connectivity index (χ1v) is 10.6. The van der Waals surface area contributed by atoms with E-state index in [1.807, 2.05) is 0 Å². The maximum Gasteiger partial charge on any atom is 0.406 e. The van der Waals surface area contributed by atoms with E-state index in [1.54, 1.807) is 6.92 Å². The summed E-state index contributed by atoms with van der Waals surface area (Å²) >= 11 is 6.02. The lowest BCUT2D eigenvalue weighted by atomic mass is 10.2. The molecule has 2 rings (SSSR count). The van der Waals surface area contributed by atoms with Crippen molar-refractivity contribution < 1.29 is 31.1 Å². The number of hydrogen-bond donors (Lipinski definition) is 0. The lowest BCUT2D eigenvalue weighted by Crippen LogP contribution is -2.41. The average Bonchev–Trinajstić information content (AvgIpc) is 2.64. The molecule has 0 atom stereocenters. The summed E-state index contributed by atoms with van der Waals surface area (Å²) in [6.45, 7) is 1.06. The average molecular weight is 443 g/mol. The molecule has 0 aromatic heterocycles. The van der Waals surface area contributed by atoms with E-state index in [-0.39, 0.29) is 48.3 Å². The smallest absolute Gasteiger partial charge is 0.379 e. The van der Waals surface area contributed by atoms with Crippen molar-refractivity contribution in [3.63, 3.8) is 0 Å². The van der Waals surface area contributed by atoms with Crippen LogP contribution in [0.25, 0.3) is 0 Å². The van der Waals surface area contributed by atoms with Crippen LogP contribution < -0.4 is 0 Å². The summed E-state index contributed by atoms with van der Waals surface area (Å²) in [5.74, 6) is -0.949. The molecule has 1 fully saturated rings. The summed E-state index contributed by atoms with van der Waals surface area (Å²) in [5.41, 5.74) is -0.267. The highest BCUT2D eigenvalue weighted by atomic mass is 35.5. The molecule has 0 N–H and O–H groups in total. The molecular weight excluding hydrogens is 421 g/mol. The molecule has 6 nitrogen and oxygen atoms in total. The molecule has 1 amide bonds. The van der Waals surface area contributed by atoms with E-state index in [0.717, 1.165) is 6.07 Å². The van der Waals surface area contributed by atoms with E-state index < -0.39 is 28.7 Å². The number of alkyl halides is 3. The van der Waals surface area contributed by atoms with Gasteiger partial charge in [0.1, 0.15) is 6.54 Å². The number of nitrogens with zero attached hydrogens (tertiary/aromatic N) is 2. The van der Waals surface area contributed by atoms with Gasteiger partial charge < -0.3 is 9.64 Å². The molecule has 0 bridgehead atoms. The number of unbranched alkanes of at least 4 members (excludes halogenated alkanes) is 1. The Morgan fingerprint density at radius 3 is 2.50 bits per heavy atom. The largest absolute Gasteiger partial charge is 0.406 e. The van der Waals surface area contributed by atoms with Crippen molar-refractivity contribution in [2.75, 3.05) is 39.4 Å². The lowest BCUT2D eigenvalue weighted by molar-refractivity contribution is -0.140. The van der Waals surface area contributed by atoms with Crippen LogP contribution in [-0.2, 0) is 14.8 Å². The molecule has 28 heavy (non-hydrogen) atoms. The molecule has 1 aliphatic heterocycles. The summed E-state index contributed by atoms with van der Waals surface area (Å²) in [6, 6.07) is 3.50. The third kappa shape index (κ3) is 5.82. The van der Waals surface area contributed by atoms with Crippen molar-refractivity contribution >= 4 is 27.5 Å². The van der Waals surface area contributed by atoms with Crippen LogP contribution >= 0.6 is 11.6 Å². The molecule has 0 unspecified atom stereocenters. The van der Waals surface area contributed by atoms with Gasteiger partial charge in [0.25, 0.3) is 5.91 Å². The van der Waals surface area contributed by atoms with Crippen LogP contribution in [0.5, 0.6) is 0 Å². The van der Waals surface area contributed by atoms with Gasteiger partial charge in [0.05, 0.1) is 28.7 Å². The molecule has 1 heterocycles. The normalized spacial score (nSPS) is 16.2. The van der Waals surface area contributed by atoms with Crippen LogP contribution in [0.4, 0.5) is 13.2 Å². The molecule has 1 saturated heterocycles. The van der Waals surface area contributed by atoms with Gasteiger partial charge in [0, 0.05) is 19.6 Å². The van der Waals surface area contributed by atoms with Gasteiger partial charge >= 0.3 is 6.18 Å². The van der Waals surface area contributed by atoms with Crippen LogP contribution in [0.3, 0.4) is 0 Å². The Hall–Kier alpha value is -1.36. The molecule has 0 spiro atoms. The Balaban J connectivity index is 2.35. The monoisotopic (exact) mass is 442 g/mol. The number of halogens is 4. The minimum Gasteiger partial charge on any atom is -0.379 e. The predicted molar refractivity (Wildman–Crippen MR) is 97.9 cm³/mol. The number of sulfonamides is 1. The molecule has 0 saturated carbocycles. The minimum atomic E-state index is -4.58.